The molecule has 7 aliphatic rings. The van der Waals surface area contributed by atoms with Crippen LogP contribution >= 0.6 is 0 Å². The average molecular weight is 774 g/mol. The summed E-state index contributed by atoms with van der Waals surface area (Å²) in [5.41, 5.74) is 5.39. The van der Waals surface area contributed by atoms with Crippen molar-refractivity contribution in [3.8, 4) is 11.8 Å². The standard InChI is InChI=1S/C47H55N3O7/c1-27(39(54)55)24-32(51)35-28(2)44(21-16-31(35)50-40(48)49)26-45(56)22-23-46(57)30(15-14-29-12-8-6-9-13-29)37-41(3)18-10-7-11-19-47(45)38(46)36(33(52)25-43(44,47)5)42(37,4)20-17-34(41)53/h6,8-9,12-16,21-24,28,30-32,35,37,51,56-57H,11,17-20,25-26H2,1-5H3,(H,54,55)(H4,48,49,50). The van der Waals surface area contributed by atoms with Gasteiger partial charge in [-0.05, 0) is 66.7 Å². The van der Waals surface area contributed by atoms with Gasteiger partial charge in [-0.2, -0.15) is 0 Å². The number of nitrogens with two attached hydrogens (primary N) is 2. The highest BCUT2D eigenvalue weighted by Crippen LogP contribution is 2.83. The lowest BCUT2D eigenvalue weighted by Gasteiger charge is -2.69. The normalized spacial score (nSPS) is 44.8. The largest absolute Gasteiger partial charge is 0.478 e. The predicted molar refractivity (Wildman–Crippen MR) is 217 cm³/mol. The first-order valence-corrected chi connectivity index (χ1v) is 20.3. The third kappa shape index (κ3) is 4.95. The first-order valence-electron chi connectivity index (χ1n) is 20.3. The highest BCUT2D eigenvalue weighted by atomic mass is 16.4. The fourth-order valence-corrected chi connectivity index (χ4v) is 14.0. The molecule has 300 valence electrons. The number of nitrogens with zero attached hydrogens (tertiary/aromatic N) is 1. The van der Waals surface area contributed by atoms with Crippen molar-refractivity contribution in [3.63, 3.8) is 0 Å². The number of aliphatic imine (C=N–C) groups is 1. The van der Waals surface area contributed by atoms with Crippen LogP contribution < -0.4 is 11.5 Å². The van der Waals surface area contributed by atoms with E-state index in [1.807, 2.05) is 68.5 Å². The number of Topliss-reactive ketones (excluding diaryl/α,β-unsaturated/α-hetero) is 2. The van der Waals surface area contributed by atoms with Crippen LogP contribution in [0.5, 0.6) is 0 Å². The van der Waals surface area contributed by atoms with Crippen LogP contribution in [0.4, 0.5) is 0 Å². The number of carboxylic acid groups (broad SMARTS) is 1. The lowest BCUT2D eigenvalue weighted by Crippen LogP contribution is -2.71. The van der Waals surface area contributed by atoms with Gasteiger partial charge in [-0.1, -0.05) is 88.4 Å². The van der Waals surface area contributed by atoms with Gasteiger partial charge in [-0.25, -0.2) is 9.79 Å². The number of benzene rings is 1. The molecule has 0 aromatic heterocycles. The molecule has 8 rings (SSSR count). The van der Waals surface area contributed by atoms with E-state index in [0.717, 1.165) is 5.56 Å². The molecule has 10 heteroatoms. The van der Waals surface area contributed by atoms with Crippen molar-refractivity contribution in [2.24, 2.45) is 67.2 Å². The Morgan fingerprint density at radius 2 is 1.74 bits per heavy atom. The minimum absolute atomic E-state index is 0.0391. The summed E-state index contributed by atoms with van der Waals surface area (Å²) in [7, 11) is 0. The minimum Gasteiger partial charge on any atom is -0.478 e. The Hall–Kier alpha value is -4.56. The molecule has 8 N–H and O–H groups in total. The first-order chi connectivity index (χ1) is 26.8. The van der Waals surface area contributed by atoms with E-state index in [1.165, 1.54) is 13.0 Å². The number of carboxylic acids is 1. The van der Waals surface area contributed by atoms with E-state index in [0.29, 0.717) is 30.4 Å². The number of aliphatic hydroxyl groups excluding tert-OH is 1. The number of carbonyl (C=O) groups is 3. The van der Waals surface area contributed by atoms with Gasteiger partial charge in [0.15, 0.2) is 11.7 Å². The van der Waals surface area contributed by atoms with Crippen LogP contribution in [0.15, 0.2) is 88.5 Å². The summed E-state index contributed by atoms with van der Waals surface area (Å²) in [5.74, 6) is 2.97. The van der Waals surface area contributed by atoms with E-state index in [2.05, 4.69) is 30.7 Å². The van der Waals surface area contributed by atoms with Crippen molar-refractivity contribution in [2.45, 2.75) is 103 Å². The first kappa shape index (κ1) is 39.3. The Morgan fingerprint density at radius 3 is 2.42 bits per heavy atom. The zero-order valence-corrected chi connectivity index (χ0v) is 33.5. The summed E-state index contributed by atoms with van der Waals surface area (Å²) in [6.45, 7) is 9.51. The second-order valence-corrected chi connectivity index (χ2v) is 18.9. The molecule has 1 aromatic rings. The molecule has 7 aliphatic carbocycles. The predicted octanol–water partition coefficient (Wildman–Crippen LogP) is 5.05. The molecule has 10 nitrogen and oxygen atoms in total. The molecule has 13 unspecified atom stereocenters. The SMILES string of the molecule is CC(=CC(O)C1C(N=C(N)N)C=CC2(CC3(O)C=CC4(O)C5=C6C(=O)CC2(C)C53CCC#CCC2(C)C(=O)CCC6(C)C2C4C=Cc2ccccc2)C1C)C(=O)O. The van der Waals surface area contributed by atoms with Crippen molar-refractivity contribution in [2.75, 3.05) is 0 Å². The highest BCUT2D eigenvalue weighted by molar-refractivity contribution is 6.02. The molecule has 57 heavy (non-hydrogen) atoms. The summed E-state index contributed by atoms with van der Waals surface area (Å²) in [6, 6.07) is 9.08. The zero-order valence-electron chi connectivity index (χ0n) is 33.5. The summed E-state index contributed by atoms with van der Waals surface area (Å²) >= 11 is 0. The monoisotopic (exact) mass is 773 g/mol. The van der Waals surface area contributed by atoms with Crippen molar-refractivity contribution < 1.29 is 34.8 Å². The van der Waals surface area contributed by atoms with Crippen LogP contribution in [0.3, 0.4) is 0 Å². The van der Waals surface area contributed by atoms with Gasteiger partial charge in [-0.3, -0.25) is 9.59 Å². The number of allylic oxidation sites excluding steroid dienone is 2. The molecule has 1 aromatic carbocycles. The Balaban J connectivity index is 1.43. The summed E-state index contributed by atoms with van der Waals surface area (Å²) in [5, 5.41) is 49.2. The number of aliphatic hydroxyl groups is 3. The van der Waals surface area contributed by atoms with Crippen molar-refractivity contribution >= 4 is 29.6 Å². The van der Waals surface area contributed by atoms with E-state index in [9.17, 15) is 30.0 Å². The summed E-state index contributed by atoms with van der Waals surface area (Å²) in [6.07, 6.45) is 13.2. The topological polar surface area (TPSA) is 197 Å². The molecule has 0 saturated heterocycles. The number of guanidine groups is 1. The van der Waals surface area contributed by atoms with Gasteiger partial charge in [0, 0.05) is 70.3 Å². The molecule has 2 spiro atoms. The zero-order chi connectivity index (χ0) is 41.1. The Kier molecular flexibility index (Phi) is 8.76. The van der Waals surface area contributed by atoms with Crippen LogP contribution in [0.1, 0.15) is 85.1 Å². The van der Waals surface area contributed by atoms with E-state index in [4.69, 9.17) is 11.5 Å². The van der Waals surface area contributed by atoms with Gasteiger partial charge in [0.1, 0.15) is 11.4 Å². The number of hydrogen-bond acceptors (Lipinski definition) is 7. The highest BCUT2D eigenvalue weighted by Gasteiger charge is 2.83. The number of aliphatic carboxylic acids is 1. The molecule has 0 amide bonds. The molecule has 4 bridgehead atoms. The maximum absolute atomic E-state index is 15.6. The van der Waals surface area contributed by atoms with Gasteiger partial charge in [0.05, 0.1) is 17.7 Å². The van der Waals surface area contributed by atoms with E-state index >= 15 is 4.79 Å². The smallest absolute Gasteiger partial charge is 0.331 e. The lowest BCUT2D eigenvalue weighted by atomic mass is 9.34. The van der Waals surface area contributed by atoms with Crippen LogP contribution in [0.25, 0.3) is 6.08 Å². The van der Waals surface area contributed by atoms with Crippen molar-refractivity contribution in [1.82, 2.24) is 0 Å². The molecular formula is C47H55N3O7. The van der Waals surface area contributed by atoms with Gasteiger partial charge >= 0.3 is 5.97 Å². The Morgan fingerprint density at radius 1 is 1.02 bits per heavy atom. The van der Waals surface area contributed by atoms with Gasteiger partial charge in [0.2, 0.25) is 0 Å². The molecule has 13 atom stereocenters. The molecule has 2 saturated carbocycles. The van der Waals surface area contributed by atoms with E-state index in [1.54, 1.807) is 12.2 Å². The number of hydrogen-bond donors (Lipinski definition) is 6. The second kappa shape index (κ2) is 12.7. The molecular weight excluding hydrogens is 719 g/mol. The molecule has 0 aliphatic heterocycles. The van der Waals surface area contributed by atoms with E-state index in [-0.39, 0.29) is 48.8 Å². The maximum Gasteiger partial charge on any atom is 0.331 e. The number of carbonyl (C=O) groups excluding carboxylic acids is 2. The third-order valence-corrected chi connectivity index (χ3v) is 16.4. The van der Waals surface area contributed by atoms with Crippen LogP contribution in [0, 0.1) is 62.6 Å². The lowest BCUT2D eigenvalue weighted by molar-refractivity contribution is -0.169. The van der Waals surface area contributed by atoms with Gasteiger partial charge in [0.25, 0.3) is 0 Å². The van der Waals surface area contributed by atoms with Crippen LogP contribution in [-0.2, 0) is 14.4 Å². The quantitative estimate of drug-likeness (QED) is 0.0754. The average Bonchev–Trinajstić information content (AvgIpc) is 3.30. The number of fused-ring (bicyclic) bond motifs is 2. The molecule has 0 heterocycles. The summed E-state index contributed by atoms with van der Waals surface area (Å²) < 4.78 is 0. The fourth-order valence-electron chi connectivity index (χ4n) is 14.0. The van der Waals surface area contributed by atoms with Crippen LogP contribution in [0.2, 0.25) is 0 Å². The van der Waals surface area contributed by atoms with Gasteiger partial charge in [-0.15, -0.1) is 11.8 Å². The Bertz CT molecular complexity index is 2210. The maximum atomic E-state index is 15.6. The minimum atomic E-state index is -1.76. The summed E-state index contributed by atoms with van der Waals surface area (Å²) in [4.78, 5) is 46.3. The third-order valence-electron chi connectivity index (χ3n) is 16.4. The van der Waals surface area contributed by atoms with E-state index < -0.39 is 80.1 Å². The fraction of sp³-hybridized carbons (Fsp3) is 0.532. The van der Waals surface area contributed by atoms with Crippen molar-refractivity contribution in [1.29, 1.82) is 0 Å². The van der Waals surface area contributed by atoms with Crippen LogP contribution in [-0.4, -0.2) is 67.3 Å². The molecule has 0 radical (unpaired) electrons. The number of rotatable bonds is 6. The van der Waals surface area contributed by atoms with Crippen molar-refractivity contribution in [3.05, 3.63) is 89.1 Å². The second-order valence-electron chi connectivity index (χ2n) is 18.9. The number of ketones is 2. The Labute approximate surface area is 334 Å². The molecule has 2 fully saturated rings. The van der Waals surface area contributed by atoms with Gasteiger partial charge < -0.3 is 31.9 Å².